The minimum atomic E-state index is -1.18. The van der Waals surface area contributed by atoms with Gasteiger partial charge in [-0.25, -0.2) is 0 Å². The van der Waals surface area contributed by atoms with Crippen LogP contribution in [0.5, 0.6) is 0 Å². The van der Waals surface area contributed by atoms with E-state index in [0.717, 1.165) is 0 Å². The van der Waals surface area contributed by atoms with E-state index >= 15 is 0 Å². The lowest BCUT2D eigenvalue weighted by Gasteiger charge is -2.15. The van der Waals surface area contributed by atoms with E-state index in [-0.39, 0.29) is 24.1 Å². The Labute approximate surface area is 118 Å². The number of hydrogen-bond acceptors (Lipinski definition) is 3. The summed E-state index contributed by atoms with van der Waals surface area (Å²) < 4.78 is 38.6. The Bertz CT molecular complexity index is 597. The molecule has 1 aromatic carbocycles. The van der Waals surface area contributed by atoms with Crippen LogP contribution in [0.25, 0.3) is 0 Å². The topological polar surface area (TPSA) is 66.4 Å². The van der Waals surface area contributed by atoms with E-state index in [4.69, 9.17) is 12.0 Å². The number of benzene rings is 1. The Balaban J connectivity index is 3.10. The lowest BCUT2D eigenvalue weighted by atomic mass is 10.0. The molecule has 4 nitrogen and oxygen atoms in total. The molecule has 5 heteroatoms. The highest BCUT2D eigenvalue weighted by atomic mass is 32.2. The van der Waals surface area contributed by atoms with Crippen molar-refractivity contribution >= 4 is 23.6 Å². The van der Waals surface area contributed by atoms with Crippen LogP contribution in [0.1, 0.15) is 12.4 Å². The Kier molecular flexibility index (Phi) is 3.70. The molecule has 1 unspecified atom stereocenters. The molecule has 0 heterocycles. The summed E-state index contributed by atoms with van der Waals surface area (Å²) in [5, 5.41) is 10.9. The van der Waals surface area contributed by atoms with Gasteiger partial charge in [-0.05, 0) is 18.2 Å². The molecule has 0 aliphatic heterocycles. The fourth-order valence-electron chi connectivity index (χ4n) is 1.36. The van der Waals surface area contributed by atoms with Crippen molar-refractivity contribution in [3.8, 4) is 0 Å². The highest BCUT2D eigenvalue weighted by Crippen LogP contribution is 2.13. The predicted octanol–water partition coefficient (Wildman–Crippen LogP) is 1.41. The summed E-state index contributed by atoms with van der Waals surface area (Å²) in [6.07, 6.45) is 1.71. The number of carbonyl (C=O) groups excluding carboxylic acids is 1. The van der Waals surface area contributed by atoms with Crippen molar-refractivity contribution in [3.63, 3.8) is 0 Å². The lowest BCUT2D eigenvalue weighted by molar-refractivity contribution is -0.138. The number of rotatable bonds is 7. The molecule has 1 aromatic rings. The quantitative estimate of drug-likeness (QED) is 0.787. The van der Waals surface area contributed by atoms with Crippen LogP contribution in [0.3, 0.4) is 0 Å². The first-order chi connectivity index (χ1) is 10.7. The zero-order valence-electron chi connectivity index (χ0n) is 14.9. The second kappa shape index (κ2) is 7.76. The minimum absolute atomic E-state index is 0.0536. The average Bonchev–Trinajstić information content (AvgIpc) is 2.51. The second-order valence-electron chi connectivity index (χ2n) is 3.57. The van der Waals surface area contributed by atoms with Gasteiger partial charge in [0.2, 0.25) is 5.91 Å². The van der Waals surface area contributed by atoms with Crippen molar-refractivity contribution < 1.29 is 21.5 Å². The molecule has 0 bridgehead atoms. The average molecular weight is 272 g/mol. The van der Waals surface area contributed by atoms with E-state index in [1.165, 1.54) is 11.8 Å². The van der Waals surface area contributed by atoms with Crippen LogP contribution in [-0.2, 0) is 16.0 Å². The van der Waals surface area contributed by atoms with Gasteiger partial charge < -0.3 is 10.4 Å². The molecule has 1 atom stereocenters. The maximum atomic E-state index is 12.1. The molecule has 0 aliphatic rings. The Hall–Kier alpha value is -1.49. The van der Waals surface area contributed by atoms with Gasteiger partial charge in [-0.3, -0.25) is 9.59 Å². The third-order valence-corrected chi connectivity index (χ3v) is 2.89. The standard InChI is InChI=1S/C13H17NO3S/c1-18-9-11(13(17)14-8-12(15)16)7-10-5-3-2-4-6-10/h2-6,11H,7-9H2,1H3,(H,14,17)(H,15,16)/i2D,3D,4D,5D,6D. The molecule has 0 aliphatic carbocycles. The maximum absolute atomic E-state index is 12.1. The normalized spacial score (nSPS) is 15.7. The zero-order chi connectivity index (χ0) is 17.7. The van der Waals surface area contributed by atoms with Gasteiger partial charge in [0.15, 0.2) is 0 Å². The number of carboxylic acids is 1. The molecule has 0 saturated heterocycles. The smallest absolute Gasteiger partial charge is 0.322 e. The zero-order valence-corrected chi connectivity index (χ0v) is 10.7. The molecule has 0 radical (unpaired) electrons. The Morgan fingerprint density at radius 2 is 2.11 bits per heavy atom. The van der Waals surface area contributed by atoms with Crippen LogP contribution in [-0.4, -0.2) is 35.5 Å². The maximum Gasteiger partial charge on any atom is 0.322 e. The highest BCUT2D eigenvalue weighted by Gasteiger charge is 2.18. The van der Waals surface area contributed by atoms with Gasteiger partial charge in [0.25, 0.3) is 0 Å². The molecule has 0 aromatic heterocycles. The van der Waals surface area contributed by atoms with Crippen LogP contribution in [0.4, 0.5) is 0 Å². The fraction of sp³-hybridized carbons (Fsp3) is 0.385. The first-order valence-corrected chi connectivity index (χ1v) is 6.64. The molecule has 0 spiro atoms. The summed E-state index contributed by atoms with van der Waals surface area (Å²) in [7, 11) is 0. The van der Waals surface area contributed by atoms with Gasteiger partial charge >= 0.3 is 5.97 Å². The van der Waals surface area contributed by atoms with Crippen molar-refractivity contribution in [3.05, 3.63) is 35.8 Å². The first-order valence-electron chi connectivity index (χ1n) is 7.74. The van der Waals surface area contributed by atoms with Crippen molar-refractivity contribution in [2.24, 2.45) is 5.92 Å². The third kappa shape index (κ3) is 5.23. The van der Waals surface area contributed by atoms with Crippen LogP contribution in [0, 0.1) is 5.92 Å². The molecular formula is C13H17NO3S. The first kappa shape index (κ1) is 8.58. The molecule has 0 fully saturated rings. The summed E-state index contributed by atoms with van der Waals surface area (Å²) in [5.41, 5.74) is 0.0560. The van der Waals surface area contributed by atoms with Crippen molar-refractivity contribution in [1.82, 2.24) is 5.32 Å². The number of amides is 1. The van der Waals surface area contributed by atoms with Crippen LogP contribution >= 0.6 is 11.8 Å². The number of aliphatic carboxylic acids is 1. The second-order valence-corrected chi connectivity index (χ2v) is 4.48. The van der Waals surface area contributed by atoms with Gasteiger partial charge in [-0.2, -0.15) is 11.8 Å². The fourth-order valence-corrected chi connectivity index (χ4v) is 2.03. The van der Waals surface area contributed by atoms with Gasteiger partial charge in [-0.15, -0.1) is 0 Å². The lowest BCUT2D eigenvalue weighted by Crippen LogP contribution is -2.36. The van der Waals surface area contributed by atoms with Crippen LogP contribution < -0.4 is 5.32 Å². The number of carboxylic acid groups (broad SMARTS) is 1. The van der Waals surface area contributed by atoms with E-state index in [2.05, 4.69) is 5.32 Å². The van der Waals surface area contributed by atoms with E-state index < -0.39 is 42.5 Å². The third-order valence-electron chi connectivity index (χ3n) is 2.15. The highest BCUT2D eigenvalue weighted by molar-refractivity contribution is 7.98. The van der Waals surface area contributed by atoms with Gasteiger partial charge in [-0.1, -0.05) is 30.2 Å². The summed E-state index contributed by atoms with van der Waals surface area (Å²) in [4.78, 5) is 22.6. The number of nitrogens with one attached hydrogen (secondary N) is 1. The Morgan fingerprint density at radius 3 is 2.67 bits per heavy atom. The minimum Gasteiger partial charge on any atom is -0.480 e. The summed E-state index contributed by atoms with van der Waals surface area (Å²) in [6.45, 7) is -0.524. The van der Waals surface area contributed by atoms with Gasteiger partial charge in [0, 0.05) is 5.75 Å². The van der Waals surface area contributed by atoms with Crippen molar-refractivity contribution in [1.29, 1.82) is 0 Å². The monoisotopic (exact) mass is 272 g/mol. The van der Waals surface area contributed by atoms with Crippen molar-refractivity contribution in [2.75, 3.05) is 18.6 Å². The van der Waals surface area contributed by atoms with E-state index in [1.807, 2.05) is 0 Å². The van der Waals surface area contributed by atoms with E-state index in [0.29, 0.717) is 5.75 Å². The van der Waals surface area contributed by atoms with Crippen molar-refractivity contribution in [2.45, 2.75) is 6.42 Å². The molecular weight excluding hydrogens is 250 g/mol. The molecule has 98 valence electrons. The van der Waals surface area contributed by atoms with Gasteiger partial charge in [0.05, 0.1) is 12.8 Å². The predicted molar refractivity (Wildman–Crippen MR) is 72.7 cm³/mol. The van der Waals surface area contributed by atoms with E-state index in [9.17, 15) is 9.59 Å². The summed E-state index contributed by atoms with van der Waals surface area (Å²) in [5.74, 6) is -2.04. The molecule has 1 rings (SSSR count). The summed E-state index contributed by atoms with van der Waals surface area (Å²) >= 11 is 1.35. The molecule has 1 amide bonds. The molecule has 2 N–H and O–H groups in total. The van der Waals surface area contributed by atoms with Gasteiger partial charge in [0.1, 0.15) is 6.54 Å². The largest absolute Gasteiger partial charge is 0.480 e. The van der Waals surface area contributed by atoms with E-state index in [1.54, 1.807) is 6.26 Å². The van der Waals surface area contributed by atoms with Crippen LogP contribution in [0.2, 0.25) is 0 Å². The van der Waals surface area contributed by atoms with Crippen LogP contribution in [0.15, 0.2) is 30.2 Å². The Morgan fingerprint density at radius 1 is 1.44 bits per heavy atom. The molecule has 18 heavy (non-hydrogen) atoms. The number of thioether (sulfide) groups is 1. The molecule has 0 saturated carbocycles. The SMILES string of the molecule is [2H]c1c([2H])c([2H])c(CC(CSC)C(=O)NCC(=O)O)c([2H])c1[2H]. The number of hydrogen-bond donors (Lipinski definition) is 2. The number of carbonyl (C=O) groups is 2. The summed E-state index contributed by atoms with van der Waals surface area (Å²) in [6, 6.07) is -2.06.